The molecular formula is C16H35IN4. The lowest BCUT2D eigenvalue weighted by Crippen LogP contribution is -2.41. The summed E-state index contributed by atoms with van der Waals surface area (Å²) in [5.41, 5.74) is 5.98. The van der Waals surface area contributed by atoms with Gasteiger partial charge in [0, 0.05) is 12.6 Å². The number of aliphatic imine (C=N–C) groups is 1. The monoisotopic (exact) mass is 410 g/mol. The largest absolute Gasteiger partial charge is 0.370 e. The molecule has 0 aromatic carbocycles. The lowest BCUT2D eigenvalue weighted by Gasteiger charge is -2.30. The van der Waals surface area contributed by atoms with Crippen LogP contribution in [0.4, 0.5) is 0 Å². The summed E-state index contributed by atoms with van der Waals surface area (Å²) < 4.78 is 0. The molecule has 5 heteroatoms. The van der Waals surface area contributed by atoms with E-state index in [0.717, 1.165) is 32.1 Å². The molecule has 0 heterocycles. The van der Waals surface area contributed by atoms with Crippen molar-refractivity contribution in [3.8, 4) is 0 Å². The minimum absolute atomic E-state index is 0. The molecule has 0 spiro atoms. The van der Waals surface area contributed by atoms with Crippen LogP contribution in [0.1, 0.15) is 53.4 Å². The van der Waals surface area contributed by atoms with Gasteiger partial charge in [0.2, 0.25) is 0 Å². The van der Waals surface area contributed by atoms with Crippen molar-refractivity contribution in [3.63, 3.8) is 0 Å². The SMILES string of the molecule is CCN(CC)C(CN=C(N)NCC1CCC1)CC(C)C.I. The van der Waals surface area contributed by atoms with Crippen LogP contribution in [0.15, 0.2) is 4.99 Å². The van der Waals surface area contributed by atoms with Gasteiger partial charge in [-0.1, -0.05) is 34.1 Å². The van der Waals surface area contributed by atoms with Gasteiger partial charge in [0.15, 0.2) is 5.96 Å². The zero-order valence-corrected chi connectivity index (χ0v) is 16.6. The third kappa shape index (κ3) is 8.24. The van der Waals surface area contributed by atoms with Crippen LogP contribution in [-0.2, 0) is 0 Å². The van der Waals surface area contributed by atoms with Crippen LogP contribution in [-0.4, -0.2) is 43.1 Å². The smallest absolute Gasteiger partial charge is 0.188 e. The zero-order chi connectivity index (χ0) is 15.0. The summed E-state index contributed by atoms with van der Waals surface area (Å²) in [5.74, 6) is 2.13. The fraction of sp³-hybridized carbons (Fsp3) is 0.938. The molecule has 1 atom stereocenters. The molecule has 0 saturated heterocycles. The Bertz CT molecular complexity index is 286. The number of halogens is 1. The molecule has 1 unspecified atom stereocenters. The number of likely N-dealkylation sites (N-methyl/N-ethyl adjacent to an activating group) is 1. The predicted molar refractivity (Wildman–Crippen MR) is 103 cm³/mol. The van der Waals surface area contributed by atoms with Gasteiger partial charge in [-0.2, -0.15) is 0 Å². The number of rotatable bonds is 9. The standard InChI is InChI=1S/C16H34N4.HI/c1-5-20(6-2)15(10-13(3)4)12-19-16(17)18-11-14-8-7-9-14;/h13-15H,5-12H2,1-4H3,(H3,17,18,19);1H. The first-order chi connectivity index (χ1) is 9.56. The summed E-state index contributed by atoms with van der Waals surface area (Å²) in [7, 11) is 0. The molecule has 0 aliphatic heterocycles. The van der Waals surface area contributed by atoms with Crippen LogP contribution in [0.2, 0.25) is 0 Å². The van der Waals surface area contributed by atoms with Crippen molar-refractivity contribution in [2.75, 3.05) is 26.2 Å². The molecule has 1 saturated carbocycles. The Morgan fingerprint density at radius 1 is 1.29 bits per heavy atom. The number of hydrogen-bond donors (Lipinski definition) is 2. The van der Waals surface area contributed by atoms with Crippen molar-refractivity contribution in [2.45, 2.75) is 59.4 Å². The van der Waals surface area contributed by atoms with Gasteiger partial charge in [0.05, 0.1) is 6.54 Å². The Hall–Kier alpha value is -0.0400. The van der Waals surface area contributed by atoms with Crippen LogP contribution in [0.25, 0.3) is 0 Å². The van der Waals surface area contributed by atoms with Gasteiger partial charge in [0.25, 0.3) is 0 Å². The normalized spacial score (nSPS) is 17.5. The molecule has 1 aliphatic carbocycles. The van der Waals surface area contributed by atoms with Gasteiger partial charge in [-0.25, -0.2) is 0 Å². The molecule has 0 bridgehead atoms. The highest BCUT2D eigenvalue weighted by Gasteiger charge is 2.18. The van der Waals surface area contributed by atoms with Gasteiger partial charge >= 0.3 is 0 Å². The maximum Gasteiger partial charge on any atom is 0.188 e. The second kappa shape index (κ2) is 11.5. The van der Waals surface area contributed by atoms with Crippen LogP contribution in [0.3, 0.4) is 0 Å². The van der Waals surface area contributed by atoms with E-state index in [1.54, 1.807) is 0 Å². The van der Waals surface area contributed by atoms with Crippen LogP contribution in [0, 0.1) is 11.8 Å². The van der Waals surface area contributed by atoms with E-state index in [0.29, 0.717) is 17.9 Å². The van der Waals surface area contributed by atoms with E-state index >= 15 is 0 Å². The van der Waals surface area contributed by atoms with Crippen LogP contribution >= 0.6 is 24.0 Å². The van der Waals surface area contributed by atoms with E-state index in [1.165, 1.54) is 25.7 Å². The highest BCUT2D eigenvalue weighted by molar-refractivity contribution is 14.0. The molecule has 1 rings (SSSR count). The Morgan fingerprint density at radius 2 is 1.90 bits per heavy atom. The molecule has 0 aromatic rings. The molecular weight excluding hydrogens is 375 g/mol. The number of nitrogens with two attached hydrogens (primary N) is 1. The minimum atomic E-state index is 0. The second-order valence-corrected chi connectivity index (χ2v) is 6.41. The average Bonchev–Trinajstić information content (AvgIpc) is 2.34. The molecule has 21 heavy (non-hydrogen) atoms. The van der Waals surface area contributed by atoms with E-state index in [-0.39, 0.29) is 24.0 Å². The van der Waals surface area contributed by atoms with Crippen LogP contribution < -0.4 is 11.1 Å². The van der Waals surface area contributed by atoms with E-state index in [4.69, 9.17) is 5.73 Å². The lowest BCUT2D eigenvalue weighted by molar-refractivity contribution is 0.196. The molecule has 126 valence electrons. The van der Waals surface area contributed by atoms with Gasteiger partial charge in [-0.15, -0.1) is 24.0 Å². The van der Waals surface area contributed by atoms with E-state index in [1.807, 2.05) is 0 Å². The van der Waals surface area contributed by atoms with Crippen molar-refractivity contribution >= 4 is 29.9 Å². The van der Waals surface area contributed by atoms with Crippen molar-refractivity contribution < 1.29 is 0 Å². The van der Waals surface area contributed by atoms with E-state index < -0.39 is 0 Å². The summed E-state index contributed by atoms with van der Waals surface area (Å²) in [6, 6.07) is 0.508. The third-order valence-electron chi connectivity index (χ3n) is 4.34. The Kier molecular flexibility index (Phi) is 11.5. The lowest BCUT2D eigenvalue weighted by atomic mass is 9.85. The fourth-order valence-electron chi connectivity index (χ4n) is 2.83. The van der Waals surface area contributed by atoms with Crippen molar-refractivity contribution in [1.29, 1.82) is 0 Å². The molecule has 0 aromatic heterocycles. The van der Waals surface area contributed by atoms with Gasteiger partial charge in [-0.3, -0.25) is 9.89 Å². The van der Waals surface area contributed by atoms with Gasteiger partial charge in [-0.05, 0) is 44.2 Å². The quantitative estimate of drug-likeness (QED) is 0.349. The first-order valence-corrected chi connectivity index (χ1v) is 8.34. The molecule has 1 aliphatic rings. The zero-order valence-electron chi connectivity index (χ0n) is 14.3. The maximum absolute atomic E-state index is 5.98. The number of nitrogens with zero attached hydrogens (tertiary/aromatic N) is 2. The molecule has 4 nitrogen and oxygen atoms in total. The second-order valence-electron chi connectivity index (χ2n) is 6.41. The summed E-state index contributed by atoms with van der Waals surface area (Å²) in [5, 5.41) is 3.28. The first kappa shape index (κ1) is 21.0. The maximum atomic E-state index is 5.98. The molecule has 0 radical (unpaired) electrons. The highest BCUT2D eigenvalue weighted by atomic mass is 127. The number of guanidine groups is 1. The van der Waals surface area contributed by atoms with E-state index in [2.05, 4.69) is 42.9 Å². The highest BCUT2D eigenvalue weighted by Crippen LogP contribution is 2.24. The van der Waals surface area contributed by atoms with Crippen molar-refractivity contribution in [3.05, 3.63) is 0 Å². The minimum Gasteiger partial charge on any atom is -0.370 e. The Labute approximate surface area is 148 Å². The predicted octanol–water partition coefficient (Wildman–Crippen LogP) is 3.07. The molecule has 3 N–H and O–H groups in total. The summed E-state index contributed by atoms with van der Waals surface area (Å²) in [6.07, 6.45) is 5.24. The third-order valence-corrected chi connectivity index (χ3v) is 4.34. The average molecular weight is 410 g/mol. The molecule has 0 amide bonds. The van der Waals surface area contributed by atoms with E-state index in [9.17, 15) is 0 Å². The van der Waals surface area contributed by atoms with Crippen LogP contribution in [0.5, 0.6) is 0 Å². The summed E-state index contributed by atoms with van der Waals surface area (Å²) in [6.45, 7) is 13.0. The van der Waals surface area contributed by atoms with Gasteiger partial charge < -0.3 is 11.1 Å². The number of hydrogen-bond acceptors (Lipinski definition) is 2. The van der Waals surface area contributed by atoms with Crippen molar-refractivity contribution in [1.82, 2.24) is 10.2 Å². The summed E-state index contributed by atoms with van der Waals surface area (Å²) >= 11 is 0. The Morgan fingerprint density at radius 3 is 2.33 bits per heavy atom. The Balaban J connectivity index is 0.00000400. The fourth-order valence-corrected chi connectivity index (χ4v) is 2.83. The number of nitrogens with one attached hydrogen (secondary N) is 1. The van der Waals surface area contributed by atoms with Crippen molar-refractivity contribution in [2.24, 2.45) is 22.6 Å². The summed E-state index contributed by atoms with van der Waals surface area (Å²) in [4.78, 5) is 7.06. The van der Waals surface area contributed by atoms with Gasteiger partial charge in [0.1, 0.15) is 0 Å². The first-order valence-electron chi connectivity index (χ1n) is 8.34. The molecule has 1 fully saturated rings. The topological polar surface area (TPSA) is 53.6 Å².